The molecule has 1 unspecified atom stereocenters. The van der Waals surface area contributed by atoms with Crippen LogP contribution in [-0.4, -0.2) is 36.3 Å². The van der Waals surface area contributed by atoms with Crippen LogP contribution >= 0.6 is 0 Å². The highest BCUT2D eigenvalue weighted by Gasteiger charge is 2.50. The van der Waals surface area contributed by atoms with Crippen molar-refractivity contribution in [3.8, 4) is 5.75 Å². The summed E-state index contributed by atoms with van der Waals surface area (Å²) in [6.45, 7) is 1.69. The smallest absolute Gasteiger partial charge is 0.255 e. The fourth-order valence-electron chi connectivity index (χ4n) is 6.73. The van der Waals surface area contributed by atoms with Gasteiger partial charge in [-0.2, -0.15) is 0 Å². The highest BCUT2D eigenvalue weighted by molar-refractivity contribution is 5.96. The fourth-order valence-corrected chi connectivity index (χ4v) is 6.73. The molecule has 2 aromatic carbocycles. The van der Waals surface area contributed by atoms with Crippen LogP contribution in [0, 0.1) is 23.7 Å². The van der Waals surface area contributed by atoms with E-state index in [0.29, 0.717) is 24.5 Å². The molecule has 0 aromatic heterocycles. The van der Waals surface area contributed by atoms with Gasteiger partial charge < -0.3 is 20.5 Å². The van der Waals surface area contributed by atoms with Crippen LogP contribution in [0.3, 0.4) is 0 Å². The minimum absolute atomic E-state index is 0.00144. The van der Waals surface area contributed by atoms with Crippen molar-refractivity contribution in [1.29, 1.82) is 0 Å². The Morgan fingerprint density at radius 1 is 0.970 bits per heavy atom. The number of rotatable bonds is 10. The van der Waals surface area contributed by atoms with Crippen LogP contribution in [0.5, 0.6) is 5.75 Å². The van der Waals surface area contributed by atoms with Crippen LogP contribution in [-0.2, 0) is 6.54 Å². The molecule has 1 atom stereocenters. The number of hydrogen-bond acceptors (Lipinski definition) is 4. The van der Waals surface area contributed by atoms with Gasteiger partial charge in [0.25, 0.3) is 5.91 Å². The first kappa shape index (κ1) is 22.4. The van der Waals surface area contributed by atoms with E-state index in [1.807, 2.05) is 48.5 Å². The molecule has 0 aliphatic heterocycles. The first-order valence-corrected chi connectivity index (χ1v) is 12.5. The normalized spacial score (nSPS) is 28.5. The van der Waals surface area contributed by atoms with Crippen LogP contribution in [0.25, 0.3) is 0 Å². The van der Waals surface area contributed by atoms with Gasteiger partial charge >= 0.3 is 0 Å². The summed E-state index contributed by atoms with van der Waals surface area (Å²) in [5, 5.41) is 16.9. The summed E-state index contributed by atoms with van der Waals surface area (Å²) in [4.78, 5) is 12.8. The Balaban J connectivity index is 1.15. The number of hydrogen-bond donors (Lipinski definition) is 3. The summed E-state index contributed by atoms with van der Waals surface area (Å²) in [5.41, 5.74) is 1.86. The summed E-state index contributed by atoms with van der Waals surface area (Å²) in [5.74, 6) is 3.10. The summed E-state index contributed by atoms with van der Waals surface area (Å²) in [6.07, 6.45) is 8.16. The number of nitrogens with one attached hydrogen (secondary N) is 2. The van der Waals surface area contributed by atoms with Crippen molar-refractivity contribution in [2.45, 2.75) is 50.6 Å². The average molecular weight is 449 g/mol. The minimum Gasteiger partial charge on any atom is -0.492 e. The highest BCUT2D eigenvalue weighted by atomic mass is 16.5. The molecule has 5 nitrogen and oxygen atoms in total. The van der Waals surface area contributed by atoms with E-state index in [1.165, 1.54) is 38.5 Å². The number of para-hydroxylation sites is 1. The van der Waals surface area contributed by atoms with E-state index in [2.05, 4.69) is 10.6 Å². The second-order valence-electron chi connectivity index (χ2n) is 10.6. The van der Waals surface area contributed by atoms with E-state index in [0.717, 1.165) is 29.9 Å². The third-order valence-corrected chi connectivity index (χ3v) is 7.96. The fraction of sp³-hybridized carbons (Fsp3) is 0.536. The maximum absolute atomic E-state index is 12.8. The molecule has 4 fully saturated rings. The molecule has 2 aromatic rings. The van der Waals surface area contributed by atoms with Gasteiger partial charge in [-0.3, -0.25) is 4.79 Å². The molecule has 4 aliphatic rings. The van der Waals surface area contributed by atoms with Gasteiger partial charge in [0.15, 0.2) is 0 Å². The molecule has 6 rings (SSSR count). The maximum atomic E-state index is 12.8. The number of ether oxygens (including phenoxy) is 1. The molecule has 0 saturated heterocycles. The molecular formula is C28H36N2O3. The lowest BCUT2D eigenvalue weighted by Gasteiger charge is -2.57. The molecule has 33 heavy (non-hydrogen) atoms. The molecule has 0 spiro atoms. The van der Waals surface area contributed by atoms with Gasteiger partial charge in [-0.05, 0) is 74.0 Å². The van der Waals surface area contributed by atoms with Crippen LogP contribution in [0.2, 0.25) is 0 Å². The molecule has 5 heteroatoms. The SMILES string of the molecule is O=C(NCc1ccccc1)c1ccccc1OCC(CO)CNC12CC3CC(CC(C3)C1)C2. The average Bonchev–Trinajstić information content (AvgIpc) is 2.83. The Morgan fingerprint density at radius 2 is 1.61 bits per heavy atom. The number of benzene rings is 2. The van der Waals surface area contributed by atoms with Crippen LogP contribution < -0.4 is 15.4 Å². The van der Waals surface area contributed by atoms with Gasteiger partial charge in [0.05, 0.1) is 18.8 Å². The molecule has 4 saturated carbocycles. The number of aliphatic hydroxyl groups is 1. The Kier molecular flexibility index (Phi) is 6.70. The number of carbonyl (C=O) groups excluding carboxylic acids is 1. The van der Waals surface area contributed by atoms with E-state index in [1.54, 1.807) is 6.07 Å². The lowest BCUT2D eigenvalue weighted by atomic mass is 9.53. The molecule has 3 N–H and O–H groups in total. The molecule has 1 amide bonds. The third-order valence-electron chi connectivity index (χ3n) is 7.96. The summed E-state index contributed by atoms with van der Waals surface area (Å²) >= 11 is 0. The van der Waals surface area contributed by atoms with Crippen molar-refractivity contribution in [3.05, 3.63) is 65.7 Å². The largest absolute Gasteiger partial charge is 0.492 e. The topological polar surface area (TPSA) is 70.6 Å². The van der Waals surface area contributed by atoms with Crippen molar-refractivity contribution < 1.29 is 14.6 Å². The van der Waals surface area contributed by atoms with E-state index >= 15 is 0 Å². The van der Waals surface area contributed by atoms with Gasteiger partial charge in [-0.25, -0.2) is 0 Å². The first-order valence-electron chi connectivity index (χ1n) is 12.5. The zero-order valence-electron chi connectivity index (χ0n) is 19.3. The summed E-state index contributed by atoms with van der Waals surface area (Å²) in [7, 11) is 0. The molecule has 4 bridgehead atoms. The lowest BCUT2D eigenvalue weighted by Crippen LogP contribution is -2.59. The minimum atomic E-state index is -0.151. The van der Waals surface area contributed by atoms with Gasteiger partial charge in [-0.15, -0.1) is 0 Å². The van der Waals surface area contributed by atoms with Gasteiger partial charge in [-0.1, -0.05) is 42.5 Å². The van der Waals surface area contributed by atoms with Crippen LogP contribution in [0.15, 0.2) is 54.6 Å². The van der Waals surface area contributed by atoms with Crippen molar-refractivity contribution in [2.24, 2.45) is 23.7 Å². The monoisotopic (exact) mass is 448 g/mol. The highest BCUT2D eigenvalue weighted by Crippen LogP contribution is 2.55. The number of carbonyl (C=O) groups is 1. The molecule has 0 heterocycles. The standard InChI is InChI=1S/C28H36N2O3/c31-18-24(17-30-28-13-21-10-22(14-28)12-23(11-21)15-28)19-33-26-9-5-4-8-25(26)27(32)29-16-20-6-2-1-3-7-20/h1-9,21-24,30-31H,10-19H2,(H,29,32). The Labute approximate surface area is 196 Å². The van der Waals surface area contributed by atoms with Crippen molar-refractivity contribution in [1.82, 2.24) is 10.6 Å². The van der Waals surface area contributed by atoms with E-state index in [9.17, 15) is 9.90 Å². The Hall–Kier alpha value is -2.37. The third kappa shape index (κ3) is 5.25. The van der Waals surface area contributed by atoms with Crippen molar-refractivity contribution in [2.75, 3.05) is 19.8 Å². The molecule has 0 radical (unpaired) electrons. The number of aliphatic hydroxyl groups excluding tert-OH is 1. The van der Waals surface area contributed by atoms with Crippen LogP contribution in [0.1, 0.15) is 54.4 Å². The Bertz CT molecular complexity index is 910. The zero-order valence-corrected chi connectivity index (χ0v) is 19.3. The number of amides is 1. The van der Waals surface area contributed by atoms with E-state index in [4.69, 9.17) is 4.74 Å². The van der Waals surface area contributed by atoms with E-state index in [-0.39, 0.29) is 24.0 Å². The van der Waals surface area contributed by atoms with Gasteiger partial charge in [0.1, 0.15) is 5.75 Å². The zero-order chi connectivity index (χ0) is 22.7. The molecular weight excluding hydrogens is 412 g/mol. The summed E-state index contributed by atoms with van der Waals surface area (Å²) in [6, 6.07) is 17.2. The second-order valence-corrected chi connectivity index (χ2v) is 10.6. The quantitative estimate of drug-likeness (QED) is 0.510. The van der Waals surface area contributed by atoms with E-state index < -0.39 is 0 Å². The second kappa shape index (κ2) is 9.86. The summed E-state index contributed by atoms with van der Waals surface area (Å²) < 4.78 is 6.07. The van der Waals surface area contributed by atoms with Crippen molar-refractivity contribution >= 4 is 5.91 Å². The molecule has 176 valence electrons. The first-order chi connectivity index (χ1) is 16.1. The predicted octanol–water partition coefficient (Wildman–Crippen LogP) is 4.16. The maximum Gasteiger partial charge on any atom is 0.255 e. The van der Waals surface area contributed by atoms with Crippen molar-refractivity contribution in [3.63, 3.8) is 0 Å². The van der Waals surface area contributed by atoms with Crippen LogP contribution in [0.4, 0.5) is 0 Å². The molecule has 4 aliphatic carbocycles. The predicted molar refractivity (Wildman–Crippen MR) is 129 cm³/mol. The van der Waals surface area contributed by atoms with Gasteiger partial charge in [0, 0.05) is 24.5 Å². The Morgan fingerprint density at radius 3 is 2.27 bits per heavy atom. The lowest BCUT2D eigenvalue weighted by molar-refractivity contribution is -0.0232. The van der Waals surface area contributed by atoms with Gasteiger partial charge in [0.2, 0.25) is 0 Å².